The normalized spacial score (nSPS) is 11.8. The van der Waals surface area contributed by atoms with Crippen LogP contribution >= 0.6 is 11.3 Å². The van der Waals surface area contributed by atoms with Crippen molar-refractivity contribution in [3.63, 3.8) is 0 Å². The molecule has 0 radical (unpaired) electrons. The van der Waals surface area contributed by atoms with Crippen molar-refractivity contribution < 1.29 is 14.0 Å². The number of hydrogen-bond donors (Lipinski definition) is 1. The molecule has 0 saturated heterocycles. The van der Waals surface area contributed by atoms with Crippen LogP contribution in [0.3, 0.4) is 0 Å². The Labute approximate surface area is 160 Å². The van der Waals surface area contributed by atoms with E-state index in [4.69, 9.17) is 5.73 Å². The first kappa shape index (κ1) is 18.7. The predicted molar refractivity (Wildman–Crippen MR) is 104 cm³/mol. The van der Waals surface area contributed by atoms with Gasteiger partial charge in [-0.1, -0.05) is 41.7 Å². The Bertz CT molecular complexity index is 971. The van der Waals surface area contributed by atoms with Crippen molar-refractivity contribution in [2.75, 3.05) is 4.90 Å². The molecule has 0 aliphatic carbocycles. The topological polar surface area (TPSA) is 76.3 Å². The SMILES string of the molecule is Cc1nc(N(c2ccc(F)cc2)[C@H](C)C(N)=O)sc1C(=O)c1ccccc1. The fourth-order valence-electron chi connectivity index (χ4n) is 2.65. The molecule has 138 valence electrons. The van der Waals surface area contributed by atoms with Crippen LogP contribution in [0, 0.1) is 12.7 Å². The summed E-state index contributed by atoms with van der Waals surface area (Å²) in [6.45, 7) is 3.38. The van der Waals surface area contributed by atoms with Crippen LogP contribution in [-0.4, -0.2) is 22.7 Å². The molecular formula is C20H18FN3O2S. The van der Waals surface area contributed by atoms with Gasteiger partial charge in [-0.3, -0.25) is 9.59 Å². The van der Waals surface area contributed by atoms with E-state index >= 15 is 0 Å². The average molecular weight is 383 g/mol. The van der Waals surface area contributed by atoms with Gasteiger partial charge in [-0.05, 0) is 38.1 Å². The summed E-state index contributed by atoms with van der Waals surface area (Å²) in [4.78, 5) is 31.2. The van der Waals surface area contributed by atoms with Crippen molar-refractivity contribution in [2.24, 2.45) is 5.73 Å². The lowest BCUT2D eigenvalue weighted by atomic mass is 10.1. The van der Waals surface area contributed by atoms with Crippen molar-refractivity contribution in [1.29, 1.82) is 0 Å². The van der Waals surface area contributed by atoms with Crippen LogP contribution in [0.1, 0.15) is 27.9 Å². The lowest BCUT2D eigenvalue weighted by molar-refractivity contribution is -0.118. The number of benzene rings is 2. The molecule has 1 amide bonds. The molecule has 3 rings (SSSR count). The lowest BCUT2D eigenvalue weighted by Gasteiger charge is -2.26. The highest BCUT2D eigenvalue weighted by Crippen LogP contribution is 2.34. The number of aryl methyl sites for hydroxylation is 1. The first-order valence-electron chi connectivity index (χ1n) is 8.29. The third-order valence-corrected chi connectivity index (χ3v) is 5.29. The van der Waals surface area contributed by atoms with E-state index in [1.54, 1.807) is 55.1 Å². The first-order valence-corrected chi connectivity index (χ1v) is 9.11. The number of nitrogens with two attached hydrogens (primary N) is 1. The van der Waals surface area contributed by atoms with E-state index < -0.39 is 11.9 Å². The summed E-state index contributed by atoms with van der Waals surface area (Å²) in [6, 6.07) is 13.9. The third-order valence-electron chi connectivity index (χ3n) is 4.14. The van der Waals surface area contributed by atoms with Gasteiger partial charge in [-0.15, -0.1) is 0 Å². The number of hydrogen-bond acceptors (Lipinski definition) is 5. The highest BCUT2D eigenvalue weighted by Gasteiger charge is 2.26. The molecule has 0 unspecified atom stereocenters. The molecule has 27 heavy (non-hydrogen) atoms. The van der Waals surface area contributed by atoms with Gasteiger partial charge >= 0.3 is 0 Å². The maximum Gasteiger partial charge on any atom is 0.240 e. The van der Waals surface area contributed by atoms with Crippen LogP contribution in [0.5, 0.6) is 0 Å². The quantitative estimate of drug-likeness (QED) is 0.656. The Morgan fingerprint density at radius 1 is 1.11 bits per heavy atom. The van der Waals surface area contributed by atoms with Crippen molar-refractivity contribution in [1.82, 2.24) is 4.98 Å². The van der Waals surface area contributed by atoms with E-state index in [2.05, 4.69) is 4.98 Å². The molecule has 5 nitrogen and oxygen atoms in total. The monoisotopic (exact) mass is 383 g/mol. The summed E-state index contributed by atoms with van der Waals surface area (Å²) < 4.78 is 13.3. The minimum Gasteiger partial charge on any atom is -0.368 e. The lowest BCUT2D eigenvalue weighted by Crippen LogP contribution is -2.39. The van der Waals surface area contributed by atoms with Crippen LogP contribution in [0.15, 0.2) is 54.6 Å². The molecule has 0 aliphatic rings. The summed E-state index contributed by atoms with van der Waals surface area (Å²) in [7, 11) is 0. The van der Waals surface area contributed by atoms with Gasteiger partial charge in [0, 0.05) is 11.3 Å². The van der Waals surface area contributed by atoms with Crippen molar-refractivity contribution in [2.45, 2.75) is 19.9 Å². The fraction of sp³-hybridized carbons (Fsp3) is 0.150. The van der Waals surface area contributed by atoms with E-state index in [0.717, 1.165) is 0 Å². The van der Waals surface area contributed by atoms with Crippen LogP contribution in [0.25, 0.3) is 0 Å². The number of aromatic nitrogens is 1. The van der Waals surface area contributed by atoms with Crippen LogP contribution in [0.4, 0.5) is 15.2 Å². The number of ketones is 1. The van der Waals surface area contributed by atoms with Crippen LogP contribution < -0.4 is 10.6 Å². The third kappa shape index (κ3) is 3.88. The van der Waals surface area contributed by atoms with E-state index in [1.807, 2.05) is 6.07 Å². The summed E-state index contributed by atoms with van der Waals surface area (Å²) in [6.07, 6.45) is 0. The van der Waals surface area contributed by atoms with Crippen molar-refractivity contribution in [3.05, 3.63) is 76.5 Å². The maximum atomic E-state index is 13.3. The molecule has 2 aromatic carbocycles. The number of rotatable bonds is 6. The summed E-state index contributed by atoms with van der Waals surface area (Å²) in [5.41, 5.74) is 7.18. The second-order valence-electron chi connectivity index (χ2n) is 6.03. The van der Waals surface area contributed by atoms with Gasteiger partial charge < -0.3 is 10.6 Å². The summed E-state index contributed by atoms with van der Waals surface area (Å²) >= 11 is 1.18. The van der Waals surface area contributed by atoms with E-state index in [0.29, 0.717) is 27.0 Å². The van der Waals surface area contributed by atoms with Crippen LogP contribution in [-0.2, 0) is 4.79 Å². The first-order chi connectivity index (χ1) is 12.9. The number of nitrogens with zero attached hydrogens (tertiary/aromatic N) is 2. The molecule has 1 heterocycles. The molecule has 1 aromatic heterocycles. The van der Waals surface area contributed by atoms with Gasteiger partial charge in [-0.25, -0.2) is 9.37 Å². The second kappa shape index (κ2) is 7.67. The zero-order valence-electron chi connectivity index (χ0n) is 14.8. The van der Waals surface area contributed by atoms with Crippen LogP contribution in [0.2, 0.25) is 0 Å². The summed E-state index contributed by atoms with van der Waals surface area (Å²) in [5, 5.41) is 0.449. The van der Waals surface area contributed by atoms with E-state index in [1.165, 1.54) is 23.5 Å². The molecule has 3 aromatic rings. The largest absolute Gasteiger partial charge is 0.368 e. The molecule has 0 bridgehead atoms. The zero-order chi connectivity index (χ0) is 19.6. The molecule has 0 saturated carbocycles. The van der Waals surface area contributed by atoms with Gasteiger partial charge in [0.2, 0.25) is 11.7 Å². The number of carbonyl (C=O) groups excluding carboxylic acids is 2. The molecular weight excluding hydrogens is 365 g/mol. The average Bonchev–Trinajstić information content (AvgIpc) is 3.04. The molecule has 0 aliphatic heterocycles. The van der Waals surface area contributed by atoms with Gasteiger partial charge in [0.05, 0.1) is 10.6 Å². The standard InChI is InChI=1S/C20H18FN3O2S/c1-12-18(17(25)14-6-4-3-5-7-14)27-20(23-12)24(13(2)19(22)26)16-10-8-15(21)9-11-16/h3-11,13H,1-2H3,(H2,22,26)/t13-/m1/s1. The zero-order valence-corrected chi connectivity index (χ0v) is 15.7. The van der Waals surface area contributed by atoms with Crippen molar-refractivity contribution >= 4 is 33.8 Å². The molecule has 1 atom stereocenters. The minimum absolute atomic E-state index is 0.136. The number of amides is 1. The Kier molecular flexibility index (Phi) is 5.32. The van der Waals surface area contributed by atoms with Gasteiger partial charge in [0.25, 0.3) is 0 Å². The number of anilines is 2. The Balaban J connectivity index is 2.04. The van der Waals surface area contributed by atoms with E-state index in [-0.39, 0.29) is 11.6 Å². The Hall–Kier alpha value is -3.06. The molecule has 0 fully saturated rings. The number of thiazole rings is 1. The van der Waals surface area contributed by atoms with E-state index in [9.17, 15) is 14.0 Å². The van der Waals surface area contributed by atoms with Gasteiger partial charge in [0.15, 0.2) is 5.13 Å². The molecule has 2 N–H and O–H groups in total. The Morgan fingerprint density at radius 3 is 2.33 bits per heavy atom. The van der Waals surface area contributed by atoms with Crippen molar-refractivity contribution in [3.8, 4) is 0 Å². The number of primary amides is 1. The smallest absolute Gasteiger partial charge is 0.240 e. The number of carbonyl (C=O) groups is 2. The van der Waals surface area contributed by atoms with Gasteiger partial charge in [-0.2, -0.15) is 0 Å². The fourth-order valence-corrected chi connectivity index (χ4v) is 3.78. The molecule has 0 spiro atoms. The predicted octanol–water partition coefficient (Wildman–Crippen LogP) is 3.83. The molecule has 7 heteroatoms. The van der Waals surface area contributed by atoms with Gasteiger partial charge in [0.1, 0.15) is 11.9 Å². The highest BCUT2D eigenvalue weighted by molar-refractivity contribution is 7.18. The minimum atomic E-state index is -0.722. The Morgan fingerprint density at radius 2 is 1.74 bits per heavy atom. The number of halogens is 1. The second-order valence-corrected chi connectivity index (χ2v) is 7.01. The maximum absolute atomic E-state index is 13.3. The summed E-state index contributed by atoms with van der Waals surface area (Å²) in [5.74, 6) is -1.08. The highest BCUT2D eigenvalue weighted by atomic mass is 32.1.